The van der Waals surface area contributed by atoms with Crippen molar-refractivity contribution in [2.75, 3.05) is 13.1 Å². The zero-order valence-corrected chi connectivity index (χ0v) is 12.3. The Hall–Kier alpha value is 1.09. The summed E-state index contributed by atoms with van der Waals surface area (Å²) in [6.07, 6.45) is 11.0. The van der Waals surface area contributed by atoms with Gasteiger partial charge in [-0.3, -0.25) is 0 Å². The molecule has 0 saturated carbocycles. The summed E-state index contributed by atoms with van der Waals surface area (Å²) in [4.78, 5) is 0. The molecule has 1 nitrogen and oxygen atoms in total. The first-order valence-corrected chi connectivity index (χ1v) is 6.82. The fourth-order valence-electron chi connectivity index (χ4n) is 1.60. The Morgan fingerprint density at radius 1 is 0.800 bits per heavy atom. The molecule has 0 aromatic heterocycles. The van der Waals surface area contributed by atoms with Crippen LogP contribution in [-0.4, -0.2) is 33.5 Å². The molecule has 0 aliphatic rings. The van der Waals surface area contributed by atoms with Crippen LogP contribution >= 0.6 is 0 Å². The maximum Gasteiger partial charge on any atom is 1.00 e. The minimum absolute atomic E-state index is 0. The van der Waals surface area contributed by atoms with Gasteiger partial charge in [-0.15, -0.1) is 0 Å². The van der Waals surface area contributed by atoms with Crippen LogP contribution in [0.4, 0.5) is 0 Å². The second-order valence-electron chi connectivity index (χ2n) is 4.16. The SMILES string of the molecule is CCCCCC[N]([Al+2])CCCCCC.[H-].[H-].[H-].[Li+]. The Morgan fingerprint density at radius 3 is 1.53 bits per heavy atom. The van der Waals surface area contributed by atoms with Gasteiger partial charge in [0.2, 0.25) is 0 Å². The maximum absolute atomic E-state index is 2.86. The summed E-state index contributed by atoms with van der Waals surface area (Å²) in [5.41, 5.74) is 0. The number of hydrogen-bond acceptors (Lipinski definition) is 1. The third kappa shape index (κ3) is 15.1. The van der Waals surface area contributed by atoms with Crippen LogP contribution in [0.2, 0.25) is 0 Å². The first-order valence-electron chi connectivity index (χ1n) is 6.30. The Labute approximate surface area is 122 Å². The zero-order chi connectivity index (χ0) is 10.6. The monoisotopic (exact) mass is 221 g/mol. The van der Waals surface area contributed by atoms with Crippen LogP contribution in [0.15, 0.2) is 0 Å². The van der Waals surface area contributed by atoms with E-state index in [1.807, 2.05) is 0 Å². The van der Waals surface area contributed by atoms with E-state index >= 15 is 0 Å². The average Bonchev–Trinajstić information content (AvgIpc) is 2.19. The van der Waals surface area contributed by atoms with Crippen molar-refractivity contribution in [3.8, 4) is 0 Å². The van der Waals surface area contributed by atoms with Crippen LogP contribution in [0, 0.1) is 0 Å². The predicted octanol–water partition coefficient (Wildman–Crippen LogP) is 0.874. The number of unbranched alkanes of at least 4 members (excludes halogenated alkanes) is 6. The van der Waals surface area contributed by atoms with Crippen molar-refractivity contribution in [2.24, 2.45) is 0 Å². The summed E-state index contributed by atoms with van der Waals surface area (Å²) in [5.74, 6) is 0. The van der Waals surface area contributed by atoms with Crippen molar-refractivity contribution >= 4 is 16.5 Å². The van der Waals surface area contributed by atoms with Gasteiger partial charge >= 0.3 is 118 Å². The van der Waals surface area contributed by atoms with Crippen molar-refractivity contribution in [2.45, 2.75) is 65.2 Å². The Morgan fingerprint density at radius 2 is 1.20 bits per heavy atom. The molecule has 3 heteroatoms. The van der Waals surface area contributed by atoms with Crippen LogP contribution in [0.1, 0.15) is 69.5 Å². The standard InChI is InChI=1S/C12H26N.Al.Li.3H/c1-3-5-7-9-11-13-12-10-8-6-4-2;;;;;/h3-12H2,1-2H3;;;;;/q-1;+3;+1;3*-1. The number of hydrogen-bond donors (Lipinski definition) is 0. The summed E-state index contributed by atoms with van der Waals surface area (Å²) in [5, 5.41) is 0. The first-order chi connectivity index (χ1) is 6.81. The van der Waals surface area contributed by atoms with Gasteiger partial charge in [0.25, 0.3) is 0 Å². The molecule has 0 N–H and O–H groups in total. The molecule has 0 heterocycles. The predicted molar refractivity (Wildman–Crippen MR) is 68.9 cm³/mol. The summed E-state index contributed by atoms with van der Waals surface area (Å²) in [6.45, 7) is 7.06. The molecule has 15 heavy (non-hydrogen) atoms. The molecule has 0 fully saturated rings. The molecule has 0 rings (SSSR count). The minimum atomic E-state index is 0. The smallest absolute Gasteiger partial charge is 1.00 e. The molecule has 0 aliphatic carbocycles. The van der Waals surface area contributed by atoms with Gasteiger partial charge in [0.05, 0.1) is 0 Å². The quantitative estimate of drug-likeness (QED) is 0.391. The molecule has 0 amide bonds. The molecule has 86 valence electrons. The van der Waals surface area contributed by atoms with Crippen LogP contribution in [-0.2, 0) is 0 Å². The third-order valence-electron chi connectivity index (χ3n) is 2.60. The van der Waals surface area contributed by atoms with Crippen molar-refractivity contribution < 1.29 is 23.1 Å². The molecule has 0 bridgehead atoms. The van der Waals surface area contributed by atoms with Gasteiger partial charge in [-0.25, -0.2) is 0 Å². The van der Waals surface area contributed by atoms with Crippen molar-refractivity contribution in [1.29, 1.82) is 0 Å². The van der Waals surface area contributed by atoms with Gasteiger partial charge in [-0.2, -0.15) is 0 Å². The molecule has 0 unspecified atom stereocenters. The Kier molecular flexibility index (Phi) is 18.6. The van der Waals surface area contributed by atoms with E-state index in [1.54, 1.807) is 0 Å². The molecule has 0 aromatic carbocycles. The fraction of sp³-hybridized carbons (Fsp3) is 1.00. The fourth-order valence-corrected chi connectivity index (χ4v) is 1.96. The molecule has 0 atom stereocenters. The first kappa shape index (κ1) is 18.5. The molecule has 0 aromatic rings. The molecular formula is C12H29AlLiN. The Bertz CT molecular complexity index is 111. The third-order valence-corrected chi connectivity index (χ3v) is 3.11. The van der Waals surface area contributed by atoms with E-state index in [0.717, 1.165) is 0 Å². The maximum atomic E-state index is 2.86. The van der Waals surface area contributed by atoms with E-state index in [-0.39, 0.29) is 23.1 Å². The van der Waals surface area contributed by atoms with E-state index in [4.69, 9.17) is 0 Å². The van der Waals surface area contributed by atoms with Crippen LogP contribution in [0.25, 0.3) is 0 Å². The molecule has 0 spiro atoms. The van der Waals surface area contributed by atoms with E-state index in [9.17, 15) is 0 Å². The van der Waals surface area contributed by atoms with Crippen molar-refractivity contribution in [1.82, 2.24) is 3.88 Å². The average molecular weight is 221 g/mol. The molecule has 0 saturated heterocycles. The summed E-state index contributed by atoms with van der Waals surface area (Å²) in [7, 11) is 0. The van der Waals surface area contributed by atoms with Crippen LogP contribution in [0.5, 0.6) is 0 Å². The van der Waals surface area contributed by atoms with Gasteiger partial charge in [0.1, 0.15) is 0 Å². The van der Waals surface area contributed by atoms with Crippen LogP contribution < -0.4 is 18.9 Å². The molecular weight excluding hydrogens is 192 g/mol. The van der Waals surface area contributed by atoms with Gasteiger partial charge in [0.15, 0.2) is 0 Å². The van der Waals surface area contributed by atoms with Crippen molar-refractivity contribution in [3.05, 3.63) is 0 Å². The van der Waals surface area contributed by atoms with Gasteiger partial charge in [-0.05, 0) is 0 Å². The topological polar surface area (TPSA) is 3.24 Å². The van der Waals surface area contributed by atoms with Gasteiger partial charge in [0, 0.05) is 0 Å². The Balaban J connectivity index is -0.000000141. The summed E-state index contributed by atoms with van der Waals surface area (Å²) in [6, 6.07) is 0. The van der Waals surface area contributed by atoms with E-state index < -0.39 is 0 Å². The number of nitrogens with zero attached hydrogens (tertiary/aromatic N) is 1. The van der Waals surface area contributed by atoms with Gasteiger partial charge in [-0.1, -0.05) is 0 Å². The second-order valence-corrected chi connectivity index (χ2v) is 4.89. The molecule has 0 aliphatic heterocycles. The largest absolute Gasteiger partial charge is 1.00 e. The summed E-state index contributed by atoms with van der Waals surface area (Å²) < 4.78 is 2.41. The van der Waals surface area contributed by atoms with E-state index in [2.05, 4.69) is 34.2 Å². The molecule has 0 radical (unpaired) electrons. The number of rotatable bonds is 10. The van der Waals surface area contributed by atoms with Gasteiger partial charge < -0.3 is 4.28 Å². The van der Waals surface area contributed by atoms with Crippen LogP contribution in [0.3, 0.4) is 0 Å². The normalized spacial score (nSPS) is 10.5. The van der Waals surface area contributed by atoms with E-state index in [0.29, 0.717) is 0 Å². The minimum Gasteiger partial charge on any atom is -1.00 e. The van der Waals surface area contributed by atoms with Crippen molar-refractivity contribution in [3.63, 3.8) is 0 Å². The zero-order valence-electron chi connectivity index (χ0n) is 14.1. The second kappa shape index (κ2) is 15.1. The summed E-state index contributed by atoms with van der Waals surface area (Å²) >= 11 is 2.86. The van der Waals surface area contributed by atoms with E-state index in [1.165, 1.54) is 64.5 Å².